The molecule has 1 aromatic heterocycles. The summed E-state index contributed by atoms with van der Waals surface area (Å²) in [4.78, 5) is 36.7. The highest BCUT2D eigenvalue weighted by molar-refractivity contribution is 5.90. The Kier molecular flexibility index (Phi) is 7.22. The third-order valence-electron chi connectivity index (χ3n) is 4.67. The first-order valence-corrected chi connectivity index (χ1v) is 9.31. The summed E-state index contributed by atoms with van der Waals surface area (Å²) in [5.74, 6) is -0.327. The number of amides is 2. The number of rotatable bonds is 6. The predicted molar refractivity (Wildman–Crippen MR) is 98.6 cm³/mol. The van der Waals surface area contributed by atoms with Crippen molar-refractivity contribution < 1.29 is 9.59 Å². The molecule has 2 amide bonds. The minimum absolute atomic E-state index is 0.0152. The Hall–Kier alpha value is -2.11. The lowest BCUT2D eigenvalue weighted by molar-refractivity contribution is -0.122. The second kappa shape index (κ2) is 9.39. The van der Waals surface area contributed by atoms with Gasteiger partial charge in [-0.3, -0.25) is 14.4 Å². The average Bonchev–Trinajstić information content (AvgIpc) is 2.83. The summed E-state index contributed by atoms with van der Waals surface area (Å²) in [5, 5.41) is 5.69. The van der Waals surface area contributed by atoms with E-state index in [1.54, 1.807) is 19.1 Å². The molecule has 6 nitrogen and oxygen atoms in total. The van der Waals surface area contributed by atoms with Crippen molar-refractivity contribution in [2.45, 2.75) is 77.8 Å². The first-order valence-electron chi connectivity index (χ1n) is 9.31. The highest BCUT2D eigenvalue weighted by Crippen LogP contribution is 2.17. The van der Waals surface area contributed by atoms with E-state index in [4.69, 9.17) is 0 Å². The molecule has 1 saturated carbocycles. The van der Waals surface area contributed by atoms with E-state index in [2.05, 4.69) is 10.6 Å². The highest BCUT2D eigenvalue weighted by Gasteiger charge is 2.17. The standard InChI is InChI=1S/C19H29N3O3/c1-3-8-17(23)21-16-12-11-14(2)22(19(16)25)13-18(24)20-15-9-6-4-5-7-10-15/h11-12,15H,3-10,13H2,1-2H3,(H,20,24)(H,21,23). The summed E-state index contributed by atoms with van der Waals surface area (Å²) in [5.41, 5.74) is 0.598. The van der Waals surface area contributed by atoms with Gasteiger partial charge in [-0.15, -0.1) is 0 Å². The van der Waals surface area contributed by atoms with E-state index >= 15 is 0 Å². The maximum Gasteiger partial charge on any atom is 0.274 e. The summed E-state index contributed by atoms with van der Waals surface area (Å²) in [7, 11) is 0. The molecule has 2 N–H and O–H groups in total. The maximum atomic E-state index is 12.6. The van der Waals surface area contributed by atoms with Gasteiger partial charge in [0.25, 0.3) is 5.56 Å². The van der Waals surface area contributed by atoms with E-state index in [0.717, 1.165) is 32.1 Å². The van der Waals surface area contributed by atoms with Gasteiger partial charge < -0.3 is 15.2 Å². The SMILES string of the molecule is CCCC(=O)Nc1ccc(C)n(CC(=O)NC2CCCCCC2)c1=O. The smallest absolute Gasteiger partial charge is 0.274 e. The molecule has 1 aliphatic rings. The number of aryl methyl sites for hydroxylation is 1. The first kappa shape index (κ1) is 19.2. The number of nitrogens with zero attached hydrogens (tertiary/aromatic N) is 1. The zero-order valence-corrected chi connectivity index (χ0v) is 15.3. The minimum atomic E-state index is -0.333. The summed E-state index contributed by atoms with van der Waals surface area (Å²) in [6.45, 7) is 3.68. The molecule has 0 bridgehead atoms. The van der Waals surface area contributed by atoms with E-state index in [1.165, 1.54) is 17.4 Å². The van der Waals surface area contributed by atoms with Gasteiger partial charge in [-0.25, -0.2) is 0 Å². The van der Waals surface area contributed by atoms with Gasteiger partial charge in [0, 0.05) is 18.2 Å². The van der Waals surface area contributed by atoms with Crippen LogP contribution in [0.15, 0.2) is 16.9 Å². The van der Waals surface area contributed by atoms with Gasteiger partial charge in [0.05, 0.1) is 0 Å². The van der Waals surface area contributed by atoms with Crippen LogP contribution < -0.4 is 16.2 Å². The summed E-state index contributed by atoms with van der Waals surface area (Å²) in [6, 6.07) is 3.56. The topological polar surface area (TPSA) is 80.2 Å². The number of pyridine rings is 1. The van der Waals surface area contributed by atoms with E-state index in [-0.39, 0.29) is 35.6 Å². The van der Waals surface area contributed by atoms with Crippen LogP contribution in [0.1, 0.15) is 64.0 Å². The molecule has 1 heterocycles. The number of nitrogens with one attached hydrogen (secondary N) is 2. The Balaban J connectivity index is 2.06. The van der Waals surface area contributed by atoms with E-state index in [9.17, 15) is 14.4 Å². The van der Waals surface area contributed by atoms with Crippen molar-refractivity contribution in [3.63, 3.8) is 0 Å². The fraction of sp³-hybridized carbons (Fsp3) is 0.632. The van der Waals surface area contributed by atoms with Crippen molar-refractivity contribution in [1.82, 2.24) is 9.88 Å². The van der Waals surface area contributed by atoms with Crippen LogP contribution in [0.3, 0.4) is 0 Å². The predicted octanol–water partition coefficient (Wildman–Crippen LogP) is 2.73. The van der Waals surface area contributed by atoms with Gasteiger partial charge in [-0.1, -0.05) is 32.6 Å². The molecular weight excluding hydrogens is 318 g/mol. The van der Waals surface area contributed by atoms with Gasteiger partial charge in [0.15, 0.2) is 0 Å². The molecule has 25 heavy (non-hydrogen) atoms. The van der Waals surface area contributed by atoms with Gasteiger partial charge in [0.1, 0.15) is 12.2 Å². The quantitative estimate of drug-likeness (QED) is 0.777. The lowest BCUT2D eigenvalue weighted by Gasteiger charge is -2.18. The highest BCUT2D eigenvalue weighted by atomic mass is 16.2. The Bertz CT molecular complexity index is 658. The van der Waals surface area contributed by atoms with E-state index in [1.807, 2.05) is 6.92 Å². The Morgan fingerprint density at radius 1 is 1.12 bits per heavy atom. The average molecular weight is 347 g/mol. The number of hydrogen-bond donors (Lipinski definition) is 2. The van der Waals surface area contributed by atoms with Crippen LogP contribution >= 0.6 is 0 Å². The van der Waals surface area contributed by atoms with Crippen molar-refractivity contribution in [2.75, 3.05) is 5.32 Å². The summed E-state index contributed by atoms with van der Waals surface area (Å²) < 4.78 is 1.42. The number of aromatic nitrogens is 1. The lowest BCUT2D eigenvalue weighted by Crippen LogP contribution is -2.39. The Morgan fingerprint density at radius 3 is 2.44 bits per heavy atom. The monoisotopic (exact) mass is 347 g/mol. The molecule has 0 aromatic carbocycles. The van der Waals surface area contributed by atoms with Crippen LogP contribution in [-0.4, -0.2) is 22.4 Å². The molecule has 0 spiro atoms. The summed E-state index contributed by atoms with van der Waals surface area (Å²) in [6.07, 6.45) is 7.84. The normalized spacial score (nSPS) is 15.4. The van der Waals surface area contributed by atoms with Crippen molar-refractivity contribution >= 4 is 17.5 Å². The van der Waals surface area contributed by atoms with Crippen molar-refractivity contribution in [2.24, 2.45) is 0 Å². The number of anilines is 1. The molecular formula is C19H29N3O3. The van der Waals surface area contributed by atoms with Crippen LogP contribution in [-0.2, 0) is 16.1 Å². The molecule has 0 saturated heterocycles. The minimum Gasteiger partial charge on any atom is -0.352 e. The van der Waals surface area contributed by atoms with Crippen molar-refractivity contribution in [1.29, 1.82) is 0 Å². The van der Waals surface area contributed by atoms with E-state index in [0.29, 0.717) is 12.1 Å². The molecule has 2 rings (SSSR count). The van der Waals surface area contributed by atoms with Crippen LogP contribution in [0.2, 0.25) is 0 Å². The third kappa shape index (κ3) is 5.73. The van der Waals surface area contributed by atoms with Crippen LogP contribution in [0.25, 0.3) is 0 Å². The number of carbonyl (C=O) groups is 2. The first-order chi connectivity index (χ1) is 12.0. The third-order valence-corrected chi connectivity index (χ3v) is 4.67. The second-order valence-electron chi connectivity index (χ2n) is 6.83. The molecule has 1 fully saturated rings. The van der Waals surface area contributed by atoms with Crippen LogP contribution in [0, 0.1) is 6.92 Å². The van der Waals surface area contributed by atoms with Crippen molar-refractivity contribution in [3.05, 3.63) is 28.2 Å². The fourth-order valence-corrected chi connectivity index (χ4v) is 3.24. The molecule has 1 aromatic rings. The second-order valence-corrected chi connectivity index (χ2v) is 6.83. The zero-order valence-electron chi connectivity index (χ0n) is 15.3. The van der Waals surface area contributed by atoms with Crippen molar-refractivity contribution in [3.8, 4) is 0 Å². The molecule has 0 unspecified atom stereocenters. The van der Waals surface area contributed by atoms with Crippen LogP contribution in [0.5, 0.6) is 0 Å². The van der Waals surface area contributed by atoms with Crippen LogP contribution in [0.4, 0.5) is 5.69 Å². The van der Waals surface area contributed by atoms with Gasteiger partial charge in [-0.2, -0.15) is 0 Å². The Labute approximate surface area is 149 Å². The zero-order chi connectivity index (χ0) is 18.2. The lowest BCUT2D eigenvalue weighted by atomic mass is 10.1. The molecule has 0 radical (unpaired) electrons. The van der Waals surface area contributed by atoms with Gasteiger partial charge in [-0.05, 0) is 38.3 Å². The number of carbonyl (C=O) groups excluding carboxylic acids is 2. The molecule has 1 aliphatic carbocycles. The maximum absolute atomic E-state index is 12.6. The van der Waals surface area contributed by atoms with Gasteiger partial charge in [0.2, 0.25) is 11.8 Å². The fourth-order valence-electron chi connectivity index (χ4n) is 3.24. The summed E-state index contributed by atoms with van der Waals surface area (Å²) >= 11 is 0. The molecule has 6 heteroatoms. The molecule has 0 atom stereocenters. The molecule has 138 valence electrons. The van der Waals surface area contributed by atoms with Gasteiger partial charge >= 0.3 is 0 Å². The number of hydrogen-bond acceptors (Lipinski definition) is 3. The Morgan fingerprint density at radius 2 is 1.80 bits per heavy atom. The molecule has 0 aliphatic heterocycles. The van der Waals surface area contributed by atoms with E-state index < -0.39 is 0 Å². The largest absolute Gasteiger partial charge is 0.352 e.